The Kier molecular flexibility index (Phi) is 3.48. The molecule has 2 aromatic carbocycles. The predicted molar refractivity (Wildman–Crippen MR) is 69.2 cm³/mol. The van der Waals surface area contributed by atoms with E-state index in [1.165, 1.54) is 6.21 Å². The van der Waals surface area contributed by atoms with Crippen molar-refractivity contribution in [2.24, 2.45) is 4.99 Å². The van der Waals surface area contributed by atoms with Gasteiger partial charge in [0.2, 0.25) is 0 Å². The van der Waals surface area contributed by atoms with Gasteiger partial charge in [0.05, 0.1) is 12.1 Å². The first-order valence-corrected chi connectivity index (χ1v) is 5.45. The number of benzene rings is 2. The van der Waals surface area contributed by atoms with Crippen LogP contribution in [0.4, 0.5) is 0 Å². The van der Waals surface area contributed by atoms with E-state index in [9.17, 15) is 10.2 Å². The quantitative estimate of drug-likeness (QED) is 0.725. The van der Waals surface area contributed by atoms with Gasteiger partial charge >= 0.3 is 0 Å². The van der Waals surface area contributed by atoms with E-state index in [-0.39, 0.29) is 22.8 Å². The molecule has 0 aliphatic rings. The first kappa shape index (κ1) is 12.0. The second-order valence-electron chi connectivity index (χ2n) is 3.85. The molecule has 0 saturated heterocycles. The van der Waals surface area contributed by atoms with Gasteiger partial charge in [-0.3, -0.25) is 4.99 Å². The Morgan fingerprint density at radius 3 is 2.17 bits per heavy atom. The Morgan fingerprint density at radius 2 is 1.56 bits per heavy atom. The van der Waals surface area contributed by atoms with Gasteiger partial charge in [-0.25, -0.2) is 0 Å². The van der Waals surface area contributed by atoms with Crippen LogP contribution in [-0.4, -0.2) is 21.5 Å². The van der Waals surface area contributed by atoms with Gasteiger partial charge in [0.25, 0.3) is 0 Å². The van der Waals surface area contributed by atoms with Crippen LogP contribution in [0.15, 0.2) is 47.5 Å². The van der Waals surface area contributed by atoms with E-state index in [4.69, 9.17) is 5.11 Å². The molecule has 0 heterocycles. The normalized spacial score (nSPS) is 10.9. The highest BCUT2D eigenvalue weighted by atomic mass is 16.3. The molecule has 3 N–H and O–H groups in total. The van der Waals surface area contributed by atoms with Crippen LogP contribution in [0.5, 0.6) is 17.2 Å². The Labute approximate surface area is 104 Å². The first-order chi connectivity index (χ1) is 8.66. The molecule has 2 rings (SSSR count). The topological polar surface area (TPSA) is 73.0 Å². The molecule has 0 amide bonds. The zero-order valence-corrected chi connectivity index (χ0v) is 9.61. The average molecular weight is 243 g/mol. The zero-order valence-electron chi connectivity index (χ0n) is 9.61. The van der Waals surface area contributed by atoms with E-state index >= 15 is 0 Å². The molecule has 0 bridgehead atoms. The van der Waals surface area contributed by atoms with E-state index in [0.717, 1.165) is 17.7 Å². The molecule has 4 nitrogen and oxygen atoms in total. The number of phenolic OH excluding ortho intramolecular Hbond substituents is 3. The number of hydrogen-bond acceptors (Lipinski definition) is 4. The summed E-state index contributed by atoms with van der Waals surface area (Å²) in [6.07, 6.45) is 1.39. The first-order valence-electron chi connectivity index (χ1n) is 5.45. The fraction of sp³-hybridized carbons (Fsp3) is 0.0714. The number of rotatable bonds is 3. The van der Waals surface area contributed by atoms with Crippen molar-refractivity contribution in [2.45, 2.75) is 6.54 Å². The summed E-state index contributed by atoms with van der Waals surface area (Å²) in [5.41, 5.74) is 1.23. The van der Waals surface area contributed by atoms with Crippen molar-refractivity contribution < 1.29 is 15.3 Å². The third kappa shape index (κ3) is 2.79. The standard InChI is InChI=1S/C14H13NO3/c16-11-6-13(17)12(14(18)7-11)9-15-8-10-4-2-1-3-5-10/h1-7,9,16-18H,8H2. The molecule has 92 valence electrons. The summed E-state index contributed by atoms with van der Waals surface area (Å²) in [4.78, 5) is 4.14. The smallest absolute Gasteiger partial charge is 0.131 e. The van der Waals surface area contributed by atoms with Crippen molar-refractivity contribution in [3.8, 4) is 17.2 Å². The minimum Gasteiger partial charge on any atom is -0.508 e. The highest BCUT2D eigenvalue weighted by molar-refractivity contribution is 5.87. The lowest BCUT2D eigenvalue weighted by Gasteiger charge is -2.03. The van der Waals surface area contributed by atoms with Crippen LogP contribution in [-0.2, 0) is 6.54 Å². The molecule has 18 heavy (non-hydrogen) atoms. The lowest BCUT2D eigenvalue weighted by atomic mass is 10.2. The fourth-order valence-electron chi connectivity index (χ4n) is 1.57. The van der Waals surface area contributed by atoms with Crippen LogP contribution in [0.25, 0.3) is 0 Å². The summed E-state index contributed by atoms with van der Waals surface area (Å²) in [6.45, 7) is 0.459. The highest BCUT2D eigenvalue weighted by Crippen LogP contribution is 2.30. The summed E-state index contributed by atoms with van der Waals surface area (Å²) in [5, 5.41) is 28.3. The van der Waals surface area contributed by atoms with Crippen molar-refractivity contribution in [3.63, 3.8) is 0 Å². The number of phenols is 3. The van der Waals surface area contributed by atoms with Gasteiger partial charge in [-0.15, -0.1) is 0 Å². The largest absolute Gasteiger partial charge is 0.508 e. The molecule has 2 aromatic rings. The molecular weight excluding hydrogens is 230 g/mol. The molecule has 0 atom stereocenters. The van der Waals surface area contributed by atoms with Crippen LogP contribution in [0, 0.1) is 0 Å². The summed E-state index contributed by atoms with van der Waals surface area (Å²) < 4.78 is 0. The zero-order chi connectivity index (χ0) is 13.0. The Morgan fingerprint density at radius 1 is 0.944 bits per heavy atom. The maximum absolute atomic E-state index is 9.56. The van der Waals surface area contributed by atoms with Crippen LogP contribution in [0.2, 0.25) is 0 Å². The van der Waals surface area contributed by atoms with Crippen molar-refractivity contribution >= 4 is 6.21 Å². The Balaban J connectivity index is 2.15. The van der Waals surface area contributed by atoms with Gasteiger partial charge in [0.15, 0.2) is 0 Å². The van der Waals surface area contributed by atoms with E-state index < -0.39 is 0 Å². The monoisotopic (exact) mass is 243 g/mol. The number of nitrogens with zero attached hydrogens (tertiary/aromatic N) is 1. The van der Waals surface area contributed by atoms with Crippen LogP contribution < -0.4 is 0 Å². The summed E-state index contributed by atoms with van der Waals surface area (Å²) >= 11 is 0. The van der Waals surface area contributed by atoms with Gasteiger partial charge in [-0.2, -0.15) is 0 Å². The van der Waals surface area contributed by atoms with Gasteiger partial charge in [-0.05, 0) is 5.56 Å². The van der Waals surface area contributed by atoms with E-state index in [1.54, 1.807) is 0 Å². The van der Waals surface area contributed by atoms with Crippen molar-refractivity contribution in [2.75, 3.05) is 0 Å². The van der Waals surface area contributed by atoms with E-state index in [1.807, 2.05) is 30.3 Å². The molecule has 0 aromatic heterocycles. The molecule has 0 unspecified atom stereocenters. The molecule has 0 radical (unpaired) electrons. The Hall–Kier alpha value is -2.49. The van der Waals surface area contributed by atoms with Crippen LogP contribution in [0.3, 0.4) is 0 Å². The van der Waals surface area contributed by atoms with Crippen molar-refractivity contribution in [1.29, 1.82) is 0 Å². The lowest BCUT2D eigenvalue weighted by molar-refractivity contribution is 0.427. The lowest BCUT2D eigenvalue weighted by Crippen LogP contribution is -1.86. The summed E-state index contributed by atoms with van der Waals surface area (Å²) in [7, 11) is 0. The number of aromatic hydroxyl groups is 3. The second-order valence-corrected chi connectivity index (χ2v) is 3.85. The van der Waals surface area contributed by atoms with Crippen molar-refractivity contribution in [3.05, 3.63) is 53.6 Å². The summed E-state index contributed by atoms with van der Waals surface area (Å²) in [6, 6.07) is 11.9. The average Bonchev–Trinajstić information content (AvgIpc) is 2.34. The van der Waals surface area contributed by atoms with Crippen LogP contribution in [0.1, 0.15) is 11.1 Å². The van der Waals surface area contributed by atoms with Gasteiger partial charge in [-0.1, -0.05) is 30.3 Å². The molecule has 0 aliphatic heterocycles. The molecule has 0 fully saturated rings. The minimum atomic E-state index is -0.204. The number of hydrogen-bond donors (Lipinski definition) is 3. The predicted octanol–water partition coefficient (Wildman–Crippen LogP) is 2.42. The van der Waals surface area contributed by atoms with Gasteiger partial charge < -0.3 is 15.3 Å². The highest BCUT2D eigenvalue weighted by Gasteiger charge is 2.06. The van der Waals surface area contributed by atoms with Crippen molar-refractivity contribution in [1.82, 2.24) is 0 Å². The maximum Gasteiger partial charge on any atom is 0.131 e. The van der Waals surface area contributed by atoms with Gasteiger partial charge in [0.1, 0.15) is 17.2 Å². The molecular formula is C14H13NO3. The molecule has 0 aliphatic carbocycles. The summed E-state index contributed by atoms with van der Waals surface area (Å²) in [5.74, 6) is -0.598. The Bertz CT molecular complexity index is 542. The number of aliphatic imine (C=N–C) groups is 1. The SMILES string of the molecule is Oc1cc(O)c(C=NCc2ccccc2)c(O)c1. The van der Waals surface area contributed by atoms with E-state index in [2.05, 4.69) is 4.99 Å². The third-order valence-corrected chi connectivity index (χ3v) is 2.46. The minimum absolute atomic E-state index is 0.190. The van der Waals surface area contributed by atoms with Crippen LogP contribution >= 0.6 is 0 Å². The van der Waals surface area contributed by atoms with E-state index in [0.29, 0.717) is 6.54 Å². The second kappa shape index (κ2) is 5.23. The fourth-order valence-corrected chi connectivity index (χ4v) is 1.57. The molecule has 0 saturated carbocycles. The molecule has 4 heteroatoms. The maximum atomic E-state index is 9.56. The molecule has 0 spiro atoms. The van der Waals surface area contributed by atoms with Gasteiger partial charge in [0, 0.05) is 18.3 Å². The third-order valence-electron chi connectivity index (χ3n) is 2.46.